The molecule has 11 aromatic rings. The van der Waals surface area contributed by atoms with Gasteiger partial charge in [-0.1, -0.05) is 133 Å². The van der Waals surface area contributed by atoms with Crippen molar-refractivity contribution in [2.45, 2.75) is 0 Å². The fraction of sp³-hybridized carbons (Fsp3) is 0. The van der Waals surface area contributed by atoms with Crippen LogP contribution in [0, 0.1) is 0 Å². The van der Waals surface area contributed by atoms with Crippen LogP contribution in [0.15, 0.2) is 211 Å². The zero-order chi connectivity index (χ0) is 36.3. The van der Waals surface area contributed by atoms with Crippen LogP contribution >= 0.6 is 0 Å². The molecule has 3 heteroatoms. The zero-order valence-electron chi connectivity index (χ0n) is 29.9. The maximum absolute atomic E-state index is 6.67. The lowest BCUT2D eigenvalue weighted by Gasteiger charge is -2.27. The van der Waals surface area contributed by atoms with Crippen LogP contribution in [-0.4, -0.2) is 4.57 Å². The minimum atomic E-state index is 0.868. The molecule has 0 atom stereocenters. The van der Waals surface area contributed by atoms with E-state index in [1.807, 2.05) is 0 Å². The van der Waals surface area contributed by atoms with E-state index < -0.39 is 0 Å². The average molecular weight is 703 g/mol. The molecule has 55 heavy (non-hydrogen) atoms. The molecule has 2 aromatic heterocycles. The monoisotopic (exact) mass is 702 g/mol. The Hall–Kier alpha value is -7.36. The third-order valence-electron chi connectivity index (χ3n) is 11.0. The van der Waals surface area contributed by atoms with E-state index in [4.69, 9.17) is 4.42 Å². The van der Waals surface area contributed by atoms with Gasteiger partial charge in [-0.25, -0.2) is 0 Å². The lowest BCUT2D eigenvalue weighted by molar-refractivity contribution is 0.672. The molecule has 0 saturated heterocycles. The number of aromatic nitrogens is 1. The molecule has 0 N–H and O–H groups in total. The molecule has 0 aliphatic carbocycles. The number of furan rings is 1. The zero-order valence-corrected chi connectivity index (χ0v) is 29.9. The van der Waals surface area contributed by atoms with Gasteiger partial charge in [-0.05, 0) is 100 Å². The molecule has 258 valence electrons. The number of nitrogens with zero attached hydrogens (tertiary/aromatic N) is 2. The molecule has 0 radical (unpaired) electrons. The number of para-hydroxylation sites is 2. The summed E-state index contributed by atoms with van der Waals surface area (Å²) < 4.78 is 9.03. The summed E-state index contributed by atoms with van der Waals surface area (Å²) in [5, 5.41) is 6.98. The largest absolute Gasteiger partial charge is 0.455 e. The molecule has 0 saturated carbocycles. The molecule has 0 aliphatic rings. The third-order valence-corrected chi connectivity index (χ3v) is 11.0. The van der Waals surface area contributed by atoms with Crippen LogP contribution in [0.4, 0.5) is 17.1 Å². The first-order valence-electron chi connectivity index (χ1n) is 18.8. The normalized spacial score (nSPS) is 11.6. The van der Waals surface area contributed by atoms with Gasteiger partial charge in [0.1, 0.15) is 11.2 Å². The number of anilines is 3. The van der Waals surface area contributed by atoms with Gasteiger partial charge in [0.05, 0.1) is 22.1 Å². The van der Waals surface area contributed by atoms with Crippen molar-refractivity contribution < 1.29 is 4.42 Å². The van der Waals surface area contributed by atoms with Gasteiger partial charge in [0.15, 0.2) is 0 Å². The predicted molar refractivity (Wildman–Crippen MR) is 231 cm³/mol. The lowest BCUT2D eigenvalue weighted by Crippen LogP contribution is -2.10. The van der Waals surface area contributed by atoms with Gasteiger partial charge in [0.25, 0.3) is 0 Å². The molecule has 0 unspecified atom stereocenters. The molecule has 11 rings (SSSR count). The van der Waals surface area contributed by atoms with Gasteiger partial charge in [0, 0.05) is 38.6 Å². The molecule has 0 spiro atoms. The van der Waals surface area contributed by atoms with Crippen molar-refractivity contribution in [3.05, 3.63) is 206 Å². The van der Waals surface area contributed by atoms with Crippen LogP contribution in [0.2, 0.25) is 0 Å². The molecule has 9 aromatic carbocycles. The van der Waals surface area contributed by atoms with Crippen LogP contribution in [0.1, 0.15) is 0 Å². The molecule has 0 bridgehead atoms. The van der Waals surface area contributed by atoms with Crippen LogP contribution in [-0.2, 0) is 0 Å². The number of fused-ring (bicyclic) bond motifs is 8. The second kappa shape index (κ2) is 12.6. The molecule has 0 fully saturated rings. The van der Waals surface area contributed by atoms with Crippen molar-refractivity contribution in [2.75, 3.05) is 4.90 Å². The number of rotatable bonds is 6. The van der Waals surface area contributed by atoms with Crippen molar-refractivity contribution in [1.82, 2.24) is 4.57 Å². The van der Waals surface area contributed by atoms with E-state index in [2.05, 4.69) is 216 Å². The van der Waals surface area contributed by atoms with Crippen LogP contribution in [0.5, 0.6) is 0 Å². The standard InChI is InChI=1S/C52H34N2O/c1-3-13-35(14-4-1)38-16-11-19-42(33-38)53(49-23-12-24-50-51(49)45-31-27-37-15-7-8-20-43(37)52(45)55-50)41-29-25-36(26-30-41)39-28-32-48-46(34-39)44-21-9-10-22-47(44)54(48)40-17-5-2-6-18-40/h1-34H. The maximum atomic E-state index is 6.67. The van der Waals surface area contributed by atoms with Crippen molar-refractivity contribution in [3.8, 4) is 27.9 Å². The molecule has 2 heterocycles. The smallest absolute Gasteiger partial charge is 0.143 e. The van der Waals surface area contributed by atoms with E-state index in [-0.39, 0.29) is 0 Å². The topological polar surface area (TPSA) is 21.3 Å². The van der Waals surface area contributed by atoms with E-state index in [1.165, 1.54) is 43.9 Å². The first kappa shape index (κ1) is 31.2. The average Bonchev–Trinajstić information content (AvgIpc) is 3.81. The molecule has 0 aliphatic heterocycles. The van der Waals surface area contributed by atoms with E-state index in [1.54, 1.807) is 0 Å². The van der Waals surface area contributed by atoms with Crippen molar-refractivity contribution in [3.63, 3.8) is 0 Å². The maximum Gasteiger partial charge on any atom is 0.143 e. The fourth-order valence-corrected chi connectivity index (χ4v) is 8.41. The second-order valence-corrected chi connectivity index (χ2v) is 14.1. The summed E-state index contributed by atoms with van der Waals surface area (Å²) in [7, 11) is 0. The highest BCUT2D eigenvalue weighted by Gasteiger charge is 2.21. The van der Waals surface area contributed by atoms with Gasteiger partial charge in [0.2, 0.25) is 0 Å². The SMILES string of the molecule is c1ccc(-c2cccc(N(c3ccc(-c4ccc5c(c4)c4ccccc4n5-c4ccccc4)cc3)c3cccc4oc5c6ccccc6ccc5c34)c2)cc1. The quantitative estimate of drug-likeness (QED) is 0.172. The van der Waals surface area contributed by atoms with Crippen LogP contribution in [0.3, 0.4) is 0 Å². The lowest BCUT2D eigenvalue weighted by atomic mass is 10.0. The second-order valence-electron chi connectivity index (χ2n) is 14.1. The Kier molecular flexibility index (Phi) is 7.17. The Morgan fingerprint density at radius 2 is 1.04 bits per heavy atom. The Balaban J connectivity index is 1.07. The van der Waals surface area contributed by atoms with Gasteiger partial charge in [-0.15, -0.1) is 0 Å². The third kappa shape index (κ3) is 5.13. The van der Waals surface area contributed by atoms with Crippen molar-refractivity contribution >= 4 is 71.6 Å². The summed E-state index contributed by atoms with van der Waals surface area (Å²) >= 11 is 0. The Morgan fingerprint density at radius 3 is 1.89 bits per heavy atom. The number of hydrogen-bond donors (Lipinski definition) is 0. The van der Waals surface area contributed by atoms with Crippen molar-refractivity contribution in [2.24, 2.45) is 0 Å². The molecular formula is C52H34N2O. The first-order chi connectivity index (χ1) is 27.3. The summed E-state index contributed by atoms with van der Waals surface area (Å²) in [5.41, 5.74) is 13.3. The molecular weight excluding hydrogens is 669 g/mol. The van der Waals surface area contributed by atoms with Gasteiger partial charge >= 0.3 is 0 Å². The fourth-order valence-electron chi connectivity index (χ4n) is 8.41. The summed E-state index contributed by atoms with van der Waals surface area (Å²) in [6.07, 6.45) is 0. The van der Waals surface area contributed by atoms with E-state index in [9.17, 15) is 0 Å². The molecule has 0 amide bonds. The van der Waals surface area contributed by atoms with Gasteiger partial charge < -0.3 is 13.9 Å². The Bertz CT molecular complexity index is 3190. The van der Waals surface area contributed by atoms with Crippen molar-refractivity contribution in [1.29, 1.82) is 0 Å². The van der Waals surface area contributed by atoms with Gasteiger partial charge in [-0.3, -0.25) is 0 Å². The summed E-state index contributed by atoms with van der Waals surface area (Å²) in [5.74, 6) is 0. The van der Waals surface area contributed by atoms with Crippen LogP contribution in [0.25, 0.3) is 82.5 Å². The highest BCUT2D eigenvalue weighted by atomic mass is 16.3. The minimum absolute atomic E-state index is 0.868. The highest BCUT2D eigenvalue weighted by molar-refractivity contribution is 6.19. The highest BCUT2D eigenvalue weighted by Crippen LogP contribution is 2.45. The first-order valence-corrected chi connectivity index (χ1v) is 18.8. The Morgan fingerprint density at radius 1 is 0.382 bits per heavy atom. The number of hydrogen-bond acceptors (Lipinski definition) is 2. The molecule has 3 nitrogen and oxygen atoms in total. The van der Waals surface area contributed by atoms with E-state index >= 15 is 0 Å². The van der Waals surface area contributed by atoms with Gasteiger partial charge in [-0.2, -0.15) is 0 Å². The number of benzene rings is 9. The van der Waals surface area contributed by atoms with Crippen LogP contribution < -0.4 is 4.90 Å². The summed E-state index contributed by atoms with van der Waals surface area (Å²) in [6.45, 7) is 0. The van der Waals surface area contributed by atoms with E-state index in [0.717, 1.165) is 55.6 Å². The predicted octanol–water partition coefficient (Wildman–Crippen LogP) is 14.6. The Labute approximate surface area is 318 Å². The van der Waals surface area contributed by atoms with E-state index in [0.29, 0.717) is 0 Å². The summed E-state index contributed by atoms with van der Waals surface area (Å²) in [4.78, 5) is 2.37. The minimum Gasteiger partial charge on any atom is -0.455 e. The summed E-state index contributed by atoms with van der Waals surface area (Å²) in [6, 6.07) is 73.9.